The van der Waals surface area contributed by atoms with Crippen molar-refractivity contribution < 1.29 is 14.3 Å². The molecular formula is C22H21N3O3S. The first kappa shape index (κ1) is 20.4. The number of ether oxygens (including phenoxy) is 2. The Bertz CT molecular complexity index is 1050. The van der Waals surface area contributed by atoms with E-state index in [0.29, 0.717) is 35.7 Å². The maximum atomic E-state index is 12.7. The van der Waals surface area contributed by atoms with Gasteiger partial charge < -0.3 is 14.8 Å². The third-order valence-electron chi connectivity index (χ3n) is 4.37. The lowest BCUT2D eigenvalue weighted by atomic mass is 10.1. The van der Waals surface area contributed by atoms with E-state index in [1.165, 1.54) is 11.3 Å². The van der Waals surface area contributed by atoms with Crippen LogP contribution in [0.2, 0.25) is 0 Å². The second kappa shape index (κ2) is 9.22. The molecule has 0 radical (unpaired) electrons. The Morgan fingerprint density at radius 1 is 1.14 bits per heavy atom. The molecule has 1 aromatic heterocycles. The number of nitrogens with one attached hydrogen (secondary N) is 1. The lowest BCUT2D eigenvalue weighted by Gasteiger charge is -2.10. The van der Waals surface area contributed by atoms with Gasteiger partial charge >= 0.3 is 0 Å². The smallest absolute Gasteiger partial charge is 0.271 e. The number of aryl methyl sites for hydroxylation is 1. The molecule has 3 aromatic rings. The number of hydrogen-bond donors (Lipinski definition) is 1. The molecule has 29 heavy (non-hydrogen) atoms. The second-order valence-corrected chi connectivity index (χ2v) is 7.50. The summed E-state index contributed by atoms with van der Waals surface area (Å²) in [6.45, 7) is 2.34. The Hall–Kier alpha value is -3.37. The van der Waals surface area contributed by atoms with Gasteiger partial charge in [0.2, 0.25) is 0 Å². The number of thiazole rings is 1. The van der Waals surface area contributed by atoms with Crippen molar-refractivity contribution in [1.29, 1.82) is 5.26 Å². The Balaban J connectivity index is 1.69. The van der Waals surface area contributed by atoms with E-state index >= 15 is 0 Å². The topological polar surface area (TPSA) is 84.2 Å². The number of benzene rings is 2. The van der Waals surface area contributed by atoms with E-state index in [1.54, 1.807) is 26.4 Å². The van der Waals surface area contributed by atoms with Gasteiger partial charge in [-0.2, -0.15) is 5.26 Å². The number of methoxy groups -OCH3 is 2. The number of carbonyl (C=O) groups is 1. The predicted molar refractivity (Wildman–Crippen MR) is 113 cm³/mol. The fraction of sp³-hybridized carbons (Fsp3) is 0.227. The summed E-state index contributed by atoms with van der Waals surface area (Å²) in [4.78, 5) is 17.9. The van der Waals surface area contributed by atoms with Crippen LogP contribution in [-0.4, -0.2) is 31.7 Å². The number of nitrogens with zero attached hydrogens (tertiary/aromatic N) is 2. The zero-order chi connectivity index (χ0) is 20.8. The molecule has 0 bridgehead atoms. The molecule has 0 aliphatic heterocycles. The van der Waals surface area contributed by atoms with Crippen molar-refractivity contribution in [3.63, 3.8) is 0 Å². The minimum Gasteiger partial charge on any atom is -0.493 e. The molecule has 1 amide bonds. The average Bonchev–Trinajstić information content (AvgIpc) is 3.15. The van der Waals surface area contributed by atoms with Gasteiger partial charge in [0.25, 0.3) is 5.91 Å². The third kappa shape index (κ3) is 4.73. The molecule has 0 spiro atoms. The number of hydrogen-bond acceptors (Lipinski definition) is 6. The van der Waals surface area contributed by atoms with Crippen molar-refractivity contribution in [2.24, 2.45) is 0 Å². The van der Waals surface area contributed by atoms with Crippen molar-refractivity contribution in [3.8, 4) is 28.0 Å². The SMILES string of the molecule is COc1ccc(CCNC(=O)c2nc(C)sc2-c2ccc(C#N)cc2)cc1OC. The Labute approximate surface area is 173 Å². The van der Waals surface area contributed by atoms with Crippen LogP contribution in [0.15, 0.2) is 42.5 Å². The highest BCUT2D eigenvalue weighted by molar-refractivity contribution is 7.15. The van der Waals surface area contributed by atoms with Crippen molar-refractivity contribution >= 4 is 17.2 Å². The largest absolute Gasteiger partial charge is 0.493 e. The quantitative estimate of drug-likeness (QED) is 0.640. The lowest BCUT2D eigenvalue weighted by Crippen LogP contribution is -2.26. The summed E-state index contributed by atoms with van der Waals surface area (Å²) in [5, 5.41) is 12.7. The van der Waals surface area contributed by atoms with Crippen LogP contribution < -0.4 is 14.8 Å². The molecule has 148 valence electrons. The van der Waals surface area contributed by atoms with Crippen LogP contribution in [0.3, 0.4) is 0 Å². The molecule has 0 aliphatic carbocycles. The van der Waals surface area contributed by atoms with Crippen molar-refractivity contribution in [1.82, 2.24) is 10.3 Å². The van der Waals surface area contributed by atoms with E-state index in [0.717, 1.165) is 21.0 Å². The van der Waals surface area contributed by atoms with E-state index in [2.05, 4.69) is 16.4 Å². The van der Waals surface area contributed by atoms with Gasteiger partial charge in [0, 0.05) is 6.54 Å². The molecule has 0 atom stereocenters. The van der Waals surface area contributed by atoms with E-state index < -0.39 is 0 Å². The van der Waals surface area contributed by atoms with Gasteiger partial charge in [-0.1, -0.05) is 18.2 Å². The van der Waals surface area contributed by atoms with E-state index in [4.69, 9.17) is 14.7 Å². The molecule has 6 nitrogen and oxygen atoms in total. The summed E-state index contributed by atoms with van der Waals surface area (Å²) in [5.41, 5.74) is 2.89. The fourth-order valence-electron chi connectivity index (χ4n) is 2.91. The van der Waals surface area contributed by atoms with Gasteiger partial charge in [-0.05, 0) is 48.7 Å². The number of nitriles is 1. The van der Waals surface area contributed by atoms with Crippen LogP contribution in [-0.2, 0) is 6.42 Å². The molecule has 2 aromatic carbocycles. The molecule has 0 fully saturated rings. The highest BCUT2D eigenvalue weighted by Gasteiger charge is 2.18. The average molecular weight is 407 g/mol. The van der Waals surface area contributed by atoms with Crippen molar-refractivity contribution in [3.05, 3.63) is 64.3 Å². The molecule has 1 heterocycles. The molecule has 3 rings (SSSR count). The van der Waals surface area contributed by atoms with Crippen LogP contribution in [0.4, 0.5) is 0 Å². The molecule has 0 unspecified atom stereocenters. The Morgan fingerprint density at radius 2 is 1.86 bits per heavy atom. The van der Waals surface area contributed by atoms with Gasteiger partial charge in [-0.25, -0.2) is 4.98 Å². The maximum Gasteiger partial charge on any atom is 0.271 e. The second-order valence-electron chi connectivity index (χ2n) is 6.30. The van der Waals surface area contributed by atoms with E-state index in [-0.39, 0.29) is 5.91 Å². The van der Waals surface area contributed by atoms with Gasteiger partial charge in [-0.3, -0.25) is 4.79 Å². The highest BCUT2D eigenvalue weighted by Crippen LogP contribution is 2.30. The van der Waals surface area contributed by atoms with Crippen molar-refractivity contribution in [2.75, 3.05) is 20.8 Å². The van der Waals surface area contributed by atoms with Crippen LogP contribution in [0, 0.1) is 18.3 Å². The Kier molecular flexibility index (Phi) is 6.47. The van der Waals surface area contributed by atoms with Crippen LogP contribution in [0.25, 0.3) is 10.4 Å². The van der Waals surface area contributed by atoms with Crippen LogP contribution >= 0.6 is 11.3 Å². The molecule has 0 saturated heterocycles. The maximum absolute atomic E-state index is 12.7. The van der Waals surface area contributed by atoms with E-state index in [9.17, 15) is 4.79 Å². The summed E-state index contributed by atoms with van der Waals surface area (Å²) in [6.07, 6.45) is 0.654. The van der Waals surface area contributed by atoms with Crippen molar-refractivity contribution in [2.45, 2.75) is 13.3 Å². The van der Waals surface area contributed by atoms with Gasteiger partial charge in [0.05, 0.1) is 35.7 Å². The standard InChI is InChI=1S/C22H21N3O3S/c1-14-25-20(21(29-14)17-7-4-16(13-23)5-8-17)22(26)24-11-10-15-6-9-18(27-2)19(12-15)28-3/h4-9,12H,10-11H2,1-3H3,(H,24,26). The van der Waals surface area contributed by atoms with Gasteiger partial charge in [0.15, 0.2) is 11.5 Å². The molecule has 1 N–H and O–H groups in total. The third-order valence-corrected chi connectivity index (χ3v) is 5.39. The normalized spacial score (nSPS) is 10.3. The number of aromatic nitrogens is 1. The van der Waals surface area contributed by atoms with Crippen LogP contribution in [0.5, 0.6) is 11.5 Å². The summed E-state index contributed by atoms with van der Waals surface area (Å²) in [7, 11) is 3.19. The number of amides is 1. The van der Waals surface area contributed by atoms with Gasteiger partial charge in [-0.15, -0.1) is 11.3 Å². The summed E-state index contributed by atoms with van der Waals surface area (Å²) in [6, 6.07) is 15.0. The molecule has 0 aliphatic rings. The molecule has 0 saturated carbocycles. The summed E-state index contributed by atoms with van der Waals surface area (Å²) in [5.74, 6) is 1.12. The Morgan fingerprint density at radius 3 is 2.52 bits per heavy atom. The number of rotatable bonds is 7. The summed E-state index contributed by atoms with van der Waals surface area (Å²) >= 11 is 1.46. The first-order valence-electron chi connectivity index (χ1n) is 9.02. The first-order chi connectivity index (χ1) is 14.0. The van der Waals surface area contributed by atoms with Crippen LogP contribution in [0.1, 0.15) is 26.6 Å². The highest BCUT2D eigenvalue weighted by atomic mass is 32.1. The zero-order valence-corrected chi connectivity index (χ0v) is 17.3. The van der Waals surface area contributed by atoms with E-state index in [1.807, 2.05) is 37.3 Å². The minimum absolute atomic E-state index is 0.214. The molecular weight excluding hydrogens is 386 g/mol. The molecule has 7 heteroatoms. The zero-order valence-electron chi connectivity index (χ0n) is 16.5. The first-order valence-corrected chi connectivity index (χ1v) is 9.84. The predicted octanol–water partition coefficient (Wildman–Crippen LogP) is 3.98. The fourth-order valence-corrected chi connectivity index (χ4v) is 3.83. The minimum atomic E-state index is -0.214. The number of carbonyl (C=O) groups excluding carboxylic acids is 1. The summed E-state index contributed by atoms with van der Waals surface area (Å²) < 4.78 is 10.6. The monoisotopic (exact) mass is 407 g/mol. The van der Waals surface area contributed by atoms with Gasteiger partial charge in [0.1, 0.15) is 5.69 Å². The lowest BCUT2D eigenvalue weighted by molar-refractivity contribution is 0.0950.